The van der Waals surface area contributed by atoms with Crippen LogP contribution in [-0.4, -0.2) is 47.3 Å². The van der Waals surface area contributed by atoms with Gasteiger partial charge in [-0.1, -0.05) is 39.0 Å². The summed E-state index contributed by atoms with van der Waals surface area (Å²) in [6.45, 7) is 8.09. The van der Waals surface area contributed by atoms with Crippen LogP contribution in [0.4, 0.5) is 16.3 Å². The molecular weight excluding hydrogens is 418 g/mol. The van der Waals surface area contributed by atoms with Gasteiger partial charge in [-0.25, -0.2) is 9.48 Å². The second kappa shape index (κ2) is 9.77. The van der Waals surface area contributed by atoms with Crippen molar-refractivity contribution in [2.75, 3.05) is 31.3 Å². The fourth-order valence-electron chi connectivity index (χ4n) is 3.18. The average molecular weight is 450 g/mol. The summed E-state index contributed by atoms with van der Waals surface area (Å²) in [5.41, 5.74) is 3.19. The fourth-order valence-corrected chi connectivity index (χ4v) is 3.18. The van der Waals surface area contributed by atoms with Crippen LogP contribution in [0.15, 0.2) is 54.6 Å². The standard InChI is InChI=1S/C25H31N5O3/c1-17-9-7-8-10-20(17)30-22(15-21(28-30)25(2,3)4)27-23(31)16-29(5)24(32)26-18-11-13-19(33-6)14-12-18/h7-15H,16H2,1-6H3,(H,26,32)(H,27,31). The van der Waals surface area contributed by atoms with Gasteiger partial charge in [0.05, 0.1) is 18.5 Å². The Bertz CT molecular complexity index is 1130. The van der Waals surface area contributed by atoms with E-state index in [4.69, 9.17) is 9.84 Å². The average Bonchev–Trinajstić information content (AvgIpc) is 3.18. The zero-order chi connectivity index (χ0) is 24.2. The first kappa shape index (κ1) is 23.8. The first-order chi connectivity index (χ1) is 15.6. The molecule has 0 bridgehead atoms. The van der Waals surface area contributed by atoms with E-state index in [1.54, 1.807) is 43.1 Å². The van der Waals surface area contributed by atoms with Gasteiger partial charge in [0.25, 0.3) is 0 Å². The van der Waals surface area contributed by atoms with Crippen LogP contribution in [0.1, 0.15) is 32.0 Å². The van der Waals surface area contributed by atoms with Gasteiger partial charge in [-0.2, -0.15) is 5.10 Å². The van der Waals surface area contributed by atoms with E-state index < -0.39 is 6.03 Å². The third-order valence-corrected chi connectivity index (χ3v) is 5.16. The molecule has 0 aliphatic rings. The summed E-state index contributed by atoms with van der Waals surface area (Å²) in [6.07, 6.45) is 0. The maximum absolute atomic E-state index is 12.8. The summed E-state index contributed by atoms with van der Waals surface area (Å²) in [7, 11) is 3.15. The van der Waals surface area contributed by atoms with Gasteiger partial charge in [-0.05, 0) is 42.8 Å². The van der Waals surface area contributed by atoms with Gasteiger partial charge < -0.3 is 20.3 Å². The molecule has 0 saturated heterocycles. The summed E-state index contributed by atoms with van der Waals surface area (Å²) in [5.74, 6) is 0.932. The minimum Gasteiger partial charge on any atom is -0.497 e. The van der Waals surface area contributed by atoms with Crippen LogP contribution in [0.3, 0.4) is 0 Å². The summed E-state index contributed by atoms with van der Waals surface area (Å²) < 4.78 is 6.86. The number of methoxy groups -OCH3 is 1. The number of anilines is 2. The molecule has 8 nitrogen and oxygen atoms in total. The minimum absolute atomic E-state index is 0.119. The molecule has 1 aromatic heterocycles. The molecule has 1 heterocycles. The van der Waals surface area contributed by atoms with Crippen molar-refractivity contribution in [3.05, 3.63) is 65.9 Å². The predicted octanol–water partition coefficient (Wildman–Crippen LogP) is 4.59. The van der Waals surface area contributed by atoms with Crippen LogP contribution in [0.5, 0.6) is 5.75 Å². The van der Waals surface area contributed by atoms with E-state index >= 15 is 0 Å². The number of urea groups is 1. The van der Waals surface area contributed by atoms with Gasteiger partial charge in [0.2, 0.25) is 5.91 Å². The molecule has 0 aliphatic carbocycles. The third-order valence-electron chi connectivity index (χ3n) is 5.16. The molecule has 174 valence electrons. The van der Waals surface area contributed by atoms with Gasteiger partial charge in [0.15, 0.2) is 0 Å². The number of hydrogen-bond acceptors (Lipinski definition) is 4. The summed E-state index contributed by atoms with van der Waals surface area (Å²) in [5, 5.41) is 10.4. The number of aryl methyl sites for hydroxylation is 1. The number of para-hydroxylation sites is 1. The number of hydrogen-bond donors (Lipinski definition) is 2. The van der Waals surface area contributed by atoms with Gasteiger partial charge in [0, 0.05) is 24.2 Å². The highest BCUT2D eigenvalue weighted by molar-refractivity contribution is 5.96. The molecule has 33 heavy (non-hydrogen) atoms. The SMILES string of the molecule is COc1ccc(NC(=O)N(C)CC(=O)Nc2cc(C(C)(C)C)nn2-c2ccccc2C)cc1. The van der Waals surface area contributed by atoms with Crippen molar-refractivity contribution < 1.29 is 14.3 Å². The Morgan fingerprint density at radius 3 is 2.33 bits per heavy atom. The van der Waals surface area contributed by atoms with Crippen molar-refractivity contribution in [2.45, 2.75) is 33.1 Å². The quantitative estimate of drug-likeness (QED) is 0.576. The van der Waals surface area contributed by atoms with Gasteiger partial charge in [0.1, 0.15) is 18.1 Å². The second-order valence-electron chi connectivity index (χ2n) is 8.93. The number of benzene rings is 2. The van der Waals surface area contributed by atoms with E-state index in [0.717, 1.165) is 16.9 Å². The molecule has 0 saturated carbocycles. The molecule has 2 aromatic carbocycles. The molecule has 0 aliphatic heterocycles. The number of rotatable bonds is 6. The Kier molecular flexibility index (Phi) is 7.06. The largest absolute Gasteiger partial charge is 0.497 e. The monoisotopic (exact) mass is 449 g/mol. The smallest absolute Gasteiger partial charge is 0.322 e. The summed E-state index contributed by atoms with van der Waals surface area (Å²) in [4.78, 5) is 26.6. The lowest BCUT2D eigenvalue weighted by atomic mass is 9.92. The second-order valence-corrected chi connectivity index (χ2v) is 8.93. The maximum atomic E-state index is 12.8. The number of nitrogens with one attached hydrogen (secondary N) is 2. The normalized spacial score (nSPS) is 11.1. The molecule has 0 fully saturated rings. The highest BCUT2D eigenvalue weighted by atomic mass is 16.5. The highest BCUT2D eigenvalue weighted by Gasteiger charge is 2.22. The molecule has 3 amide bonds. The van der Waals surface area contributed by atoms with Crippen LogP contribution < -0.4 is 15.4 Å². The molecule has 2 N–H and O–H groups in total. The Morgan fingerprint density at radius 2 is 1.73 bits per heavy atom. The predicted molar refractivity (Wildman–Crippen MR) is 130 cm³/mol. The molecule has 8 heteroatoms. The zero-order valence-corrected chi connectivity index (χ0v) is 20.0. The number of carbonyl (C=O) groups excluding carboxylic acids is 2. The zero-order valence-electron chi connectivity index (χ0n) is 20.0. The number of aromatic nitrogens is 2. The minimum atomic E-state index is -0.391. The fraction of sp³-hybridized carbons (Fsp3) is 0.320. The van der Waals surface area contributed by atoms with Crippen molar-refractivity contribution in [2.24, 2.45) is 0 Å². The van der Waals surface area contributed by atoms with E-state index in [2.05, 4.69) is 31.4 Å². The van der Waals surface area contributed by atoms with Gasteiger partial charge in [-0.3, -0.25) is 4.79 Å². The van der Waals surface area contributed by atoms with Crippen LogP contribution >= 0.6 is 0 Å². The maximum Gasteiger partial charge on any atom is 0.322 e. The van der Waals surface area contributed by atoms with Crippen LogP contribution in [0.25, 0.3) is 5.69 Å². The van der Waals surface area contributed by atoms with E-state index in [0.29, 0.717) is 17.3 Å². The molecule has 3 rings (SSSR count). The molecule has 0 radical (unpaired) electrons. The lowest BCUT2D eigenvalue weighted by molar-refractivity contribution is -0.116. The molecule has 0 unspecified atom stereocenters. The van der Waals surface area contributed by atoms with E-state index in [1.807, 2.05) is 37.3 Å². The van der Waals surface area contributed by atoms with Crippen molar-refractivity contribution in [3.8, 4) is 11.4 Å². The number of ether oxygens (including phenoxy) is 1. The van der Waals surface area contributed by atoms with Crippen molar-refractivity contribution in [1.29, 1.82) is 0 Å². The van der Waals surface area contributed by atoms with Crippen molar-refractivity contribution in [1.82, 2.24) is 14.7 Å². The lowest BCUT2D eigenvalue weighted by Gasteiger charge is -2.18. The van der Waals surface area contributed by atoms with E-state index in [1.165, 1.54) is 4.90 Å². The van der Waals surface area contributed by atoms with E-state index in [-0.39, 0.29) is 17.9 Å². The van der Waals surface area contributed by atoms with Crippen molar-refractivity contribution >= 4 is 23.4 Å². The lowest BCUT2D eigenvalue weighted by Crippen LogP contribution is -2.37. The first-order valence-electron chi connectivity index (χ1n) is 10.7. The Hall–Kier alpha value is -3.81. The Morgan fingerprint density at radius 1 is 1.06 bits per heavy atom. The summed E-state index contributed by atoms with van der Waals surface area (Å²) >= 11 is 0. The highest BCUT2D eigenvalue weighted by Crippen LogP contribution is 2.27. The van der Waals surface area contributed by atoms with Crippen LogP contribution in [0.2, 0.25) is 0 Å². The first-order valence-corrected chi connectivity index (χ1v) is 10.7. The van der Waals surface area contributed by atoms with E-state index in [9.17, 15) is 9.59 Å². The molecule has 3 aromatic rings. The van der Waals surface area contributed by atoms with Crippen molar-refractivity contribution in [3.63, 3.8) is 0 Å². The third kappa shape index (κ3) is 5.91. The number of carbonyl (C=O) groups is 2. The number of nitrogens with zero attached hydrogens (tertiary/aromatic N) is 3. The number of likely N-dealkylation sites (N-methyl/N-ethyl adjacent to an activating group) is 1. The van der Waals surface area contributed by atoms with Gasteiger partial charge >= 0.3 is 6.03 Å². The Labute approximate surface area is 194 Å². The van der Waals surface area contributed by atoms with Crippen LogP contribution in [-0.2, 0) is 10.2 Å². The number of amides is 3. The molecule has 0 atom stereocenters. The van der Waals surface area contributed by atoms with Gasteiger partial charge in [-0.15, -0.1) is 0 Å². The molecule has 0 spiro atoms. The topological polar surface area (TPSA) is 88.5 Å². The summed E-state index contributed by atoms with van der Waals surface area (Å²) in [6, 6.07) is 16.3. The molecular formula is C25H31N5O3. The van der Waals surface area contributed by atoms with Crippen LogP contribution in [0, 0.1) is 6.92 Å². The Balaban J connectivity index is 1.73.